The van der Waals surface area contributed by atoms with E-state index >= 15 is 0 Å². The molecule has 11 nitrogen and oxygen atoms in total. The van der Waals surface area contributed by atoms with Crippen LogP contribution < -0.4 is 22.3 Å². The number of rotatable bonds is 7. The molecule has 11 heteroatoms. The Morgan fingerprint density at radius 3 is 2.55 bits per heavy atom. The lowest BCUT2D eigenvalue weighted by Gasteiger charge is -2.17. The summed E-state index contributed by atoms with van der Waals surface area (Å²) >= 11 is 0. The smallest absolute Gasteiger partial charge is 0.436 e. The summed E-state index contributed by atoms with van der Waals surface area (Å²) in [5.74, 6) is -1.48. The molecule has 3 atom stereocenters. The van der Waals surface area contributed by atoms with E-state index in [9.17, 15) is 14.4 Å². The van der Waals surface area contributed by atoms with Crippen LogP contribution in [0.3, 0.4) is 0 Å². The van der Waals surface area contributed by atoms with Crippen molar-refractivity contribution in [2.45, 2.75) is 57.4 Å². The first-order valence-electron chi connectivity index (χ1n) is 9.78. The van der Waals surface area contributed by atoms with Crippen LogP contribution in [0.5, 0.6) is 0 Å². The molecule has 31 heavy (non-hydrogen) atoms. The van der Waals surface area contributed by atoms with E-state index < -0.39 is 23.7 Å². The Kier molecular flexibility index (Phi) is 8.08. The first kappa shape index (κ1) is 24.3. The Labute approximate surface area is 180 Å². The van der Waals surface area contributed by atoms with Gasteiger partial charge in [-0.15, -0.1) is 0 Å². The monoisotopic (exact) mass is 435 g/mol. The van der Waals surface area contributed by atoms with Crippen molar-refractivity contribution < 1.29 is 29.1 Å². The molecule has 0 unspecified atom stereocenters. The highest BCUT2D eigenvalue weighted by Gasteiger charge is 2.28. The fourth-order valence-corrected chi connectivity index (χ4v) is 2.79. The van der Waals surface area contributed by atoms with Gasteiger partial charge in [-0.25, -0.2) is 4.79 Å². The number of aliphatic imine (C=N–C) groups is 1. The lowest BCUT2D eigenvalue weighted by Crippen LogP contribution is -2.43. The Bertz CT molecular complexity index is 833. The number of carbonyl (C=O) groups excluding carboxylic acids is 2. The SMILES string of the molecule is CC(C)(C)OC(=O)N=C(N)c1ccc([C@@H]2C[C@H](CC(=O)NC[C@H](N)C(=O)O)ON2)cc1. The third kappa shape index (κ3) is 7.96. The summed E-state index contributed by atoms with van der Waals surface area (Å²) in [6, 6.07) is 5.81. The van der Waals surface area contributed by atoms with Gasteiger partial charge < -0.3 is 26.6 Å². The number of aliphatic carboxylic acids is 1. The predicted molar refractivity (Wildman–Crippen MR) is 112 cm³/mol. The lowest BCUT2D eigenvalue weighted by atomic mass is 9.99. The molecular formula is C20H29N5O6. The number of nitrogens with zero attached hydrogens (tertiary/aromatic N) is 1. The predicted octanol–water partition coefficient (Wildman–Crippen LogP) is 0.580. The minimum absolute atomic E-state index is 0.0468. The highest BCUT2D eigenvalue weighted by Crippen LogP contribution is 2.27. The summed E-state index contributed by atoms with van der Waals surface area (Å²) in [6.45, 7) is 5.07. The zero-order valence-electron chi connectivity index (χ0n) is 17.8. The van der Waals surface area contributed by atoms with E-state index in [4.69, 9.17) is 26.1 Å². The van der Waals surface area contributed by atoms with Gasteiger partial charge in [-0.3, -0.25) is 14.4 Å². The summed E-state index contributed by atoms with van der Waals surface area (Å²) in [6.07, 6.45) is -0.516. The maximum Gasteiger partial charge on any atom is 0.436 e. The molecule has 170 valence electrons. The van der Waals surface area contributed by atoms with Crippen molar-refractivity contribution in [2.24, 2.45) is 16.5 Å². The van der Waals surface area contributed by atoms with Crippen molar-refractivity contribution >= 4 is 23.8 Å². The highest BCUT2D eigenvalue weighted by molar-refractivity contribution is 6.02. The van der Waals surface area contributed by atoms with E-state index in [1.54, 1.807) is 32.9 Å². The number of nitrogens with one attached hydrogen (secondary N) is 2. The highest BCUT2D eigenvalue weighted by atomic mass is 16.7. The number of hydrogen-bond acceptors (Lipinski definition) is 7. The number of nitrogens with two attached hydrogens (primary N) is 2. The van der Waals surface area contributed by atoms with Gasteiger partial charge in [0.15, 0.2) is 0 Å². The van der Waals surface area contributed by atoms with E-state index in [1.807, 2.05) is 12.1 Å². The fraction of sp³-hybridized carbons (Fsp3) is 0.500. The number of amidine groups is 1. The molecule has 1 saturated heterocycles. The number of hydroxylamine groups is 1. The van der Waals surface area contributed by atoms with E-state index in [1.165, 1.54) is 0 Å². The topological polar surface area (TPSA) is 178 Å². The molecule has 0 bridgehead atoms. The molecule has 7 N–H and O–H groups in total. The van der Waals surface area contributed by atoms with E-state index in [0.29, 0.717) is 12.0 Å². The summed E-state index contributed by atoms with van der Waals surface area (Å²) in [5, 5.41) is 11.2. The molecule has 0 aliphatic carbocycles. The molecule has 0 spiro atoms. The molecule has 0 radical (unpaired) electrons. The number of benzene rings is 1. The first-order valence-corrected chi connectivity index (χ1v) is 9.78. The van der Waals surface area contributed by atoms with Gasteiger partial charge in [0.05, 0.1) is 18.6 Å². The van der Waals surface area contributed by atoms with Crippen LogP contribution in [-0.4, -0.2) is 53.2 Å². The van der Waals surface area contributed by atoms with E-state index in [-0.39, 0.29) is 36.9 Å². The quantitative estimate of drug-likeness (QED) is 0.302. The van der Waals surface area contributed by atoms with Gasteiger partial charge >= 0.3 is 12.1 Å². The molecule has 2 amide bonds. The summed E-state index contributed by atoms with van der Waals surface area (Å²) in [7, 11) is 0. The fourth-order valence-electron chi connectivity index (χ4n) is 2.79. The Balaban J connectivity index is 1.88. The lowest BCUT2D eigenvalue weighted by molar-refractivity contribution is -0.138. The van der Waals surface area contributed by atoms with Crippen molar-refractivity contribution in [1.82, 2.24) is 10.8 Å². The second kappa shape index (κ2) is 10.3. The number of carboxylic acids is 1. The maximum absolute atomic E-state index is 11.9. The normalized spacial score (nSPS) is 20.2. The first-order chi connectivity index (χ1) is 14.4. The largest absolute Gasteiger partial charge is 0.480 e. The average Bonchev–Trinajstić information content (AvgIpc) is 3.12. The van der Waals surface area contributed by atoms with Crippen LogP contribution >= 0.6 is 0 Å². The molecular weight excluding hydrogens is 406 g/mol. The molecule has 1 aromatic carbocycles. The minimum atomic E-state index is -1.18. The van der Waals surface area contributed by atoms with Gasteiger partial charge in [0.2, 0.25) is 5.91 Å². The van der Waals surface area contributed by atoms with Crippen LogP contribution in [0.4, 0.5) is 4.79 Å². The molecule has 2 rings (SSSR count). The molecule has 1 aliphatic rings. The molecule has 1 aliphatic heterocycles. The van der Waals surface area contributed by atoms with Crippen LogP contribution in [-0.2, 0) is 19.2 Å². The van der Waals surface area contributed by atoms with Crippen molar-refractivity contribution in [3.63, 3.8) is 0 Å². The van der Waals surface area contributed by atoms with Gasteiger partial charge in [0.25, 0.3) is 0 Å². The zero-order valence-corrected chi connectivity index (χ0v) is 17.8. The number of ether oxygens (including phenoxy) is 1. The molecule has 1 heterocycles. The third-order valence-electron chi connectivity index (χ3n) is 4.34. The summed E-state index contributed by atoms with van der Waals surface area (Å²) in [4.78, 5) is 43.6. The number of carbonyl (C=O) groups is 3. The molecule has 1 fully saturated rings. The van der Waals surface area contributed by atoms with Gasteiger partial charge in [-0.05, 0) is 32.8 Å². The second-order valence-electron chi connectivity index (χ2n) is 8.20. The van der Waals surface area contributed by atoms with Crippen molar-refractivity contribution in [2.75, 3.05) is 6.54 Å². The van der Waals surface area contributed by atoms with Crippen LogP contribution in [0.1, 0.15) is 50.8 Å². The number of hydrogen-bond donors (Lipinski definition) is 5. The average molecular weight is 435 g/mol. The minimum Gasteiger partial charge on any atom is -0.480 e. The van der Waals surface area contributed by atoms with Crippen molar-refractivity contribution in [3.05, 3.63) is 35.4 Å². The Morgan fingerprint density at radius 1 is 1.32 bits per heavy atom. The van der Waals surface area contributed by atoms with Gasteiger partial charge in [0.1, 0.15) is 17.5 Å². The van der Waals surface area contributed by atoms with Crippen LogP contribution in [0.25, 0.3) is 0 Å². The molecule has 0 saturated carbocycles. The van der Waals surface area contributed by atoms with Crippen molar-refractivity contribution in [3.8, 4) is 0 Å². The number of carboxylic acid groups (broad SMARTS) is 1. The van der Waals surface area contributed by atoms with Crippen molar-refractivity contribution in [1.29, 1.82) is 0 Å². The number of amides is 2. The molecule has 0 aromatic heterocycles. The van der Waals surface area contributed by atoms with E-state index in [0.717, 1.165) is 5.56 Å². The summed E-state index contributed by atoms with van der Waals surface area (Å²) < 4.78 is 5.12. The van der Waals surface area contributed by atoms with Gasteiger partial charge in [0, 0.05) is 12.1 Å². The zero-order chi connectivity index (χ0) is 23.2. The van der Waals surface area contributed by atoms with Crippen LogP contribution in [0.15, 0.2) is 29.3 Å². The standard InChI is InChI=1S/C20H29N5O6/c1-20(2,3)30-19(29)24-17(22)12-6-4-11(5-7-12)15-8-13(31-25-15)9-16(26)23-10-14(21)18(27)28/h4-7,13-15,25H,8-10,21H2,1-3H3,(H,23,26)(H,27,28)(H2,22,24,29)/t13-,14+,15+/m1/s1. The van der Waals surface area contributed by atoms with Gasteiger partial charge in [-0.2, -0.15) is 10.5 Å². The van der Waals surface area contributed by atoms with E-state index in [2.05, 4.69) is 15.8 Å². The maximum atomic E-state index is 11.9. The third-order valence-corrected chi connectivity index (χ3v) is 4.34. The Morgan fingerprint density at radius 2 is 1.97 bits per heavy atom. The second-order valence-corrected chi connectivity index (χ2v) is 8.20. The Hall–Kier alpha value is -3.02. The van der Waals surface area contributed by atoms with Gasteiger partial charge in [-0.1, -0.05) is 24.3 Å². The van der Waals surface area contributed by atoms with Crippen LogP contribution in [0, 0.1) is 0 Å². The summed E-state index contributed by atoms with van der Waals surface area (Å²) in [5.41, 5.74) is 14.9. The van der Waals surface area contributed by atoms with Crippen LogP contribution in [0.2, 0.25) is 0 Å². The molecule has 1 aromatic rings.